The Bertz CT molecular complexity index is 184. The molecule has 12 heavy (non-hydrogen) atoms. The third-order valence-electron chi connectivity index (χ3n) is 4.20. The Labute approximate surface area is 76.1 Å². The number of hydrogen-bond donors (Lipinski definition) is 0. The molecule has 0 atom stereocenters. The van der Waals surface area contributed by atoms with Gasteiger partial charge in [-0.25, -0.2) is 0 Å². The monoisotopic (exact) mass is 167 g/mol. The fourth-order valence-corrected chi connectivity index (χ4v) is 2.64. The number of rotatable bonds is 0. The molecule has 1 spiro atoms. The standard InChI is InChI=1S/C11H21N/c1-10(2,3)9-7-11(8-9)5-6-12(11)4/h9H,5-8H2,1-4H3. The smallest absolute Gasteiger partial charge is 0.0224 e. The summed E-state index contributed by atoms with van der Waals surface area (Å²) in [7, 11) is 2.28. The number of nitrogens with zero attached hydrogens (tertiary/aromatic N) is 1. The van der Waals surface area contributed by atoms with Crippen LogP contribution in [0.2, 0.25) is 0 Å². The maximum absolute atomic E-state index is 2.55. The molecule has 0 radical (unpaired) electrons. The van der Waals surface area contributed by atoms with Crippen molar-refractivity contribution in [1.29, 1.82) is 0 Å². The second kappa shape index (κ2) is 2.25. The Hall–Kier alpha value is -0.0400. The average Bonchev–Trinajstić information content (AvgIpc) is 1.78. The van der Waals surface area contributed by atoms with E-state index in [0.717, 1.165) is 5.92 Å². The van der Waals surface area contributed by atoms with Crippen molar-refractivity contribution in [3.05, 3.63) is 0 Å². The summed E-state index contributed by atoms with van der Waals surface area (Å²) in [4.78, 5) is 2.55. The zero-order valence-electron chi connectivity index (χ0n) is 8.85. The molecule has 1 aliphatic heterocycles. The van der Waals surface area contributed by atoms with Crippen LogP contribution in [0.3, 0.4) is 0 Å². The molecule has 2 aliphatic rings. The molecule has 0 aromatic heterocycles. The second-order valence-corrected chi connectivity index (χ2v) is 5.87. The fourth-order valence-electron chi connectivity index (χ4n) is 2.64. The summed E-state index contributed by atoms with van der Waals surface area (Å²) in [6.45, 7) is 8.46. The van der Waals surface area contributed by atoms with E-state index in [9.17, 15) is 0 Å². The van der Waals surface area contributed by atoms with E-state index in [1.54, 1.807) is 0 Å². The summed E-state index contributed by atoms with van der Waals surface area (Å²) < 4.78 is 0. The van der Waals surface area contributed by atoms with Crippen molar-refractivity contribution >= 4 is 0 Å². The van der Waals surface area contributed by atoms with Crippen molar-refractivity contribution in [2.75, 3.05) is 13.6 Å². The number of hydrogen-bond acceptors (Lipinski definition) is 1. The third kappa shape index (κ3) is 1.02. The molecule has 0 unspecified atom stereocenters. The van der Waals surface area contributed by atoms with Crippen LogP contribution in [-0.2, 0) is 0 Å². The van der Waals surface area contributed by atoms with Crippen LogP contribution in [0.15, 0.2) is 0 Å². The Morgan fingerprint density at radius 1 is 1.25 bits per heavy atom. The first-order valence-corrected chi connectivity index (χ1v) is 5.15. The van der Waals surface area contributed by atoms with Crippen molar-refractivity contribution in [2.45, 2.75) is 45.6 Å². The Balaban J connectivity index is 1.91. The predicted molar refractivity (Wildman–Crippen MR) is 52.2 cm³/mol. The zero-order valence-corrected chi connectivity index (χ0v) is 8.85. The highest BCUT2D eigenvalue weighted by atomic mass is 15.2. The first-order valence-electron chi connectivity index (χ1n) is 5.15. The average molecular weight is 167 g/mol. The lowest BCUT2D eigenvalue weighted by Crippen LogP contribution is -2.66. The Morgan fingerprint density at radius 3 is 2.08 bits per heavy atom. The maximum Gasteiger partial charge on any atom is 0.0224 e. The normalized spacial score (nSPS) is 42.5. The van der Waals surface area contributed by atoms with Crippen LogP contribution in [0.5, 0.6) is 0 Å². The van der Waals surface area contributed by atoms with Crippen molar-refractivity contribution in [3.63, 3.8) is 0 Å². The molecule has 1 heterocycles. The molecule has 1 heteroatoms. The molecule has 1 nitrogen and oxygen atoms in total. The first-order chi connectivity index (χ1) is 5.44. The molecule has 0 N–H and O–H groups in total. The van der Waals surface area contributed by atoms with E-state index >= 15 is 0 Å². The molecular formula is C11H21N. The summed E-state index contributed by atoms with van der Waals surface area (Å²) in [6, 6.07) is 0. The van der Waals surface area contributed by atoms with E-state index in [4.69, 9.17) is 0 Å². The van der Waals surface area contributed by atoms with Gasteiger partial charge in [0.15, 0.2) is 0 Å². The van der Waals surface area contributed by atoms with Gasteiger partial charge in [0.1, 0.15) is 0 Å². The van der Waals surface area contributed by atoms with Gasteiger partial charge in [-0.15, -0.1) is 0 Å². The van der Waals surface area contributed by atoms with Gasteiger partial charge in [-0.2, -0.15) is 0 Å². The van der Waals surface area contributed by atoms with Crippen LogP contribution in [0.25, 0.3) is 0 Å². The molecule has 1 aliphatic carbocycles. The van der Waals surface area contributed by atoms with Gasteiger partial charge in [0.05, 0.1) is 0 Å². The molecule has 70 valence electrons. The highest BCUT2D eigenvalue weighted by Gasteiger charge is 2.54. The second-order valence-electron chi connectivity index (χ2n) is 5.87. The van der Waals surface area contributed by atoms with Crippen molar-refractivity contribution in [2.24, 2.45) is 11.3 Å². The lowest BCUT2D eigenvalue weighted by molar-refractivity contribution is -0.116. The Morgan fingerprint density at radius 2 is 1.83 bits per heavy atom. The minimum Gasteiger partial charge on any atom is -0.301 e. The van der Waals surface area contributed by atoms with Gasteiger partial charge < -0.3 is 4.90 Å². The summed E-state index contributed by atoms with van der Waals surface area (Å²) in [6.07, 6.45) is 4.36. The fraction of sp³-hybridized carbons (Fsp3) is 1.00. The van der Waals surface area contributed by atoms with E-state index in [1.807, 2.05) is 0 Å². The lowest BCUT2D eigenvalue weighted by atomic mass is 9.55. The molecule has 0 aromatic rings. The summed E-state index contributed by atoms with van der Waals surface area (Å²) >= 11 is 0. The molecular weight excluding hydrogens is 146 g/mol. The quantitative estimate of drug-likeness (QED) is 0.536. The summed E-state index contributed by atoms with van der Waals surface area (Å²) in [5.74, 6) is 0.972. The minimum atomic E-state index is 0.543. The van der Waals surface area contributed by atoms with Crippen molar-refractivity contribution in [3.8, 4) is 0 Å². The van der Waals surface area contributed by atoms with Gasteiger partial charge in [0.2, 0.25) is 0 Å². The van der Waals surface area contributed by atoms with Crippen LogP contribution in [0, 0.1) is 11.3 Å². The summed E-state index contributed by atoms with van der Waals surface area (Å²) in [5, 5.41) is 0. The third-order valence-corrected chi connectivity index (χ3v) is 4.20. The van der Waals surface area contributed by atoms with Crippen LogP contribution in [0.1, 0.15) is 40.0 Å². The molecule has 2 fully saturated rings. The Kier molecular flexibility index (Phi) is 1.61. The zero-order chi connectivity index (χ0) is 8.98. The van der Waals surface area contributed by atoms with Crippen LogP contribution < -0.4 is 0 Å². The lowest BCUT2D eigenvalue weighted by Gasteiger charge is -2.63. The molecule has 0 aromatic carbocycles. The van der Waals surface area contributed by atoms with Gasteiger partial charge in [-0.1, -0.05) is 20.8 Å². The molecule has 1 saturated heterocycles. The SMILES string of the molecule is CN1CCC12CC(C(C)(C)C)C2. The van der Waals surface area contributed by atoms with E-state index in [2.05, 4.69) is 32.7 Å². The van der Waals surface area contributed by atoms with Crippen molar-refractivity contribution < 1.29 is 0 Å². The van der Waals surface area contributed by atoms with Crippen LogP contribution in [-0.4, -0.2) is 24.0 Å². The highest BCUT2D eigenvalue weighted by Crippen LogP contribution is 2.55. The van der Waals surface area contributed by atoms with E-state index < -0.39 is 0 Å². The molecule has 2 rings (SSSR count). The summed E-state index contributed by atoms with van der Waals surface area (Å²) in [5.41, 5.74) is 1.21. The molecule has 0 bridgehead atoms. The highest BCUT2D eigenvalue weighted by molar-refractivity contribution is 5.09. The minimum absolute atomic E-state index is 0.543. The van der Waals surface area contributed by atoms with Gasteiger partial charge >= 0.3 is 0 Å². The maximum atomic E-state index is 2.55. The van der Waals surface area contributed by atoms with Crippen LogP contribution in [0.4, 0.5) is 0 Å². The largest absolute Gasteiger partial charge is 0.301 e. The van der Waals surface area contributed by atoms with Gasteiger partial charge in [-0.05, 0) is 37.6 Å². The molecule has 1 saturated carbocycles. The predicted octanol–water partition coefficient (Wildman–Crippen LogP) is 2.52. The first kappa shape index (κ1) is 8.55. The van der Waals surface area contributed by atoms with E-state index in [-0.39, 0.29) is 0 Å². The van der Waals surface area contributed by atoms with Gasteiger partial charge in [0.25, 0.3) is 0 Å². The topological polar surface area (TPSA) is 3.24 Å². The van der Waals surface area contributed by atoms with E-state index in [1.165, 1.54) is 25.8 Å². The van der Waals surface area contributed by atoms with Gasteiger partial charge in [-0.3, -0.25) is 0 Å². The van der Waals surface area contributed by atoms with Crippen molar-refractivity contribution in [1.82, 2.24) is 4.90 Å². The van der Waals surface area contributed by atoms with Crippen LogP contribution >= 0.6 is 0 Å². The number of likely N-dealkylation sites (tertiary alicyclic amines) is 1. The molecule has 0 amide bonds. The van der Waals surface area contributed by atoms with Gasteiger partial charge in [0, 0.05) is 12.1 Å². The van der Waals surface area contributed by atoms with E-state index in [0.29, 0.717) is 11.0 Å².